The van der Waals surface area contributed by atoms with Crippen LogP contribution in [0.4, 0.5) is 0 Å². The van der Waals surface area contributed by atoms with Crippen molar-refractivity contribution in [1.29, 1.82) is 0 Å². The maximum Gasteiger partial charge on any atom is 0.321 e. The number of esters is 2. The van der Waals surface area contributed by atoms with Crippen LogP contribution in [0.5, 0.6) is 0 Å². The zero-order chi connectivity index (χ0) is 12.6. The van der Waals surface area contributed by atoms with E-state index in [1.807, 2.05) is 13.8 Å². The second-order valence-corrected chi connectivity index (χ2v) is 5.11. The van der Waals surface area contributed by atoms with Gasteiger partial charge in [0.2, 0.25) is 0 Å². The van der Waals surface area contributed by atoms with Gasteiger partial charge in [0.1, 0.15) is 9.65 Å². The first-order valence-corrected chi connectivity index (χ1v) is 6.99. The molecule has 94 valence electrons. The number of halogens is 2. The number of hydrogen-bond donors (Lipinski definition) is 0. The van der Waals surface area contributed by atoms with Crippen LogP contribution in [0.1, 0.15) is 26.7 Å². The van der Waals surface area contributed by atoms with Gasteiger partial charge in [0, 0.05) is 0 Å². The molecule has 0 unspecified atom stereocenters. The number of ether oxygens (including phenoxy) is 2. The Bertz CT molecular complexity index is 209. The molecule has 2 atom stereocenters. The van der Waals surface area contributed by atoms with Crippen LogP contribution in [0.3, 0.4) is 0 Å². The molecule has 4 nitrogen and oxygen atoms in total. The Morgan fingerprint density at radius 2 is 1.25 bits per heavy atom. The summed E-state index contributed by atoms with van der Waals surface area (Å²) in [6, 6.07) is 0. The average molecular weight is 360 g/mol. The maximum absolute atomic E-state index is 11.4. The van der Waals surface area contributed by atoms with Gasteiger partial charge in [-0.1, -0.05) is 45.7 Å². The van der Waals surface area contributed by atoms with Crippen molar-refractivity contribution in [3.05, 3.63) is 0 Å². The zero-order valence-electron chi connectivity index (χ0n) is 9.37. The minimum Gasteiger partial charge on any atom is -0.465 e. The van der Waals surface area contributed by atoms with E-state index in [1.165, 1.54) is 0 Å². The van der Waals surface area contributed by atoms with Gasteiger partial charge >= 0.3 is 11.9 Å². The van der Waals surface area contributed by atoms with E-state index < -0.39 is 21.6 Å². The van der Waals surface area contributed by atoms with Crippen molar-refractivity contribution in [2.75, 3.05) is 13.2 Å². The highest BCUT2D eigenvalue weighted by molar-refractivity contribution is 9.12. The van der Waals surface area contributed by atoms with Crippen LogP contribution < -0.4 is 0 Å². The monoisotopic (exact) mass is 358 g/mol. The Labute approximate surface area is 112 Å². The van der Waals surface area contributed by atoms with Crippen molar-refractivity contribution in [3.63, 3.8) is 0 Å². The summed E-state index contributed by atoms with van der Waals surface area (Å²) < 4.78 is 9.81. The minimum absolute atomic E-state index is 0.352. The molecular weight excluding hydrogens is 344 g/mol. The molecule has 0 heterocycles. The Morgan fingerprint density at radius 3 is 1.50 bits per heavy atom. The van der Waals surface area contributed by atoms with Crippen LogP contribution in [-0.4, -0.2) is 34.8 Å². The van der Waals surface area contributed by atoms with Crippen molar-refractivity contribution in [3.8, 4) is 0 Å². The number of alkyl halides is 2. The first kappa shape index (κ1) is 15.9. The quantitative estimate of drug-likeness (QED) is 0.517. The van der Waals surface area contributed by atoms with E-state index in [0.29, 0.717) is 13.2 Å². The first-order chi connectivity index (χ1) is 7.54. The molecule has 0 aliphatic rings. The van der Waals surface area contributed by atoms with E-state index in [2.05, 4.69) is 31.9 Å². The summed E-state index contributed by atoms with van der Waals surface area (Å²) >= 11 is 6.22. The molecule has 0 N–H and O–H groups in total. The molecule has 0 aliphatic heterocycles. The van der Waals surface area contributed by atoms with Crippen LogP contribution in [0.2, 0.25) is 0 Å². The lowest BCUT2D eigenvalue weighted by molar-refractivity contribution is -0.148. The summed E-state index contributed by atoms with van der Waals surface area (Å²) in [5.41, 5.74) is 0. The molecule has 0 saturated heterocycles. The molecule has 0 spiro atoms. The van der Waals surface area contributed by atoms with Crippen molar-refractivity contribution in [2.24, 2.45) is 0 Å². The fraction of sp³-hybridized carbons (Fsp3) is 0.800. The highest BCUT2D eigenvalue weighted by Crippen LogP contribution is 2.17. The number of carbonyl (C=O) groups is 2. The summed E-state index contributed by atoms with van der Waals surface area (Å²) in [4.78, 5) is 21.4. The van der Waals surface area contributed by atoms with Gasteiger partial charge in [0.15, 0.2) is 0 Å². The molecule has 0 amide bonds. The standard InChI is InChI=1S/C10H16Br2O4/c1-3-5-15-9(13)7(11)8(12)10(14)16-6-4-2/h7-8H,3-6H2,1-2H3/t7-,8-/m1/s1. The molecule has 0 saturated carbocycles. The molecule has 0 aromatic heterocycles. The smallest absolute Gasteiger partial charge is 0.321 e. The largest absolute Gasteiger partial charge is 0.465 e. The second kappa shape index (κ2) is 8.98. The van der Waals surface area contributed by atoms with Gasteiger partial charge in [-0.05, 0) is 12.8 Å². The topological polar surface area (TPSA) is 52.6 Å². The van der Waals surface area contributed by atoms with Crippen molar-refractivity contribution in [2.45, 2.75) is 36.3 Å². The number of carbonyl (C=O) groups excluding carboxylic acids is 2. The minimum atomic E-state index is -0.719. The normalized spacial score (nSPS) is 14.0. The van der Waals surface area contributed by atoms with Crippen LogP contribution in [0.25, 0.3) is 0 Å². The van der Waals surface area contributed by atoms with Gasteiger partial charge in [-0.15, -0.1) is 0 Å². The molecule has 0 fully saturated rings. The van der Waals surface area contributed by atoms with Crippen molar-refractivity contribution >= 4 is 43.8 Å². The lowest BCUT2D eigenvalue weighted by Crippen LogP contribution is -2.33. The third kappa shape index (κ3) is 5.84. The zero-order valence-corrected chi connectivity index (χ0v) is 12.5. The van der Waals surface area contributed by atoms with Gasteiger partial charge in [0.05, 0.1) is 13.2 Å². The van der Waals surface area contributed by atoms with Crippen LogP contribution in [0, 0.1) is 0 Å². The van der Waals surface area contributed by atoms with Crippen LogP contribution in [-0.2, 0) is 19.1 Å². The Balaban J connectivity index is 4.09. The second-order valence-electron chi connectivity index (χ2n) is 3.14. The molecule has 0 rings (SSSR count). The highest BCUT2D eigenvalue weighted by Gasteiger charge is 2.31. The summed E-state index contributed by atoms with van der Waals surface area (Å²) in [6.07, 6.45) is 1.50. The maximum atomic E-state index is 11.4. The van der Waals surface area contributed by atoms with Crippen molar-refractivity contribution in [1.82, 2.24) is 0 Å². The molecule has 0 radical (unpaired) electrons. The molecule has 6 heteroatoms. The van der Waals surface area contributed by atoms with Gasteiger partial charge in [-0.2, -0.15) is 0 Å². The SMILES string of the molecule is CCCOC(=O)[C@H](Br)[C@@H](Br)C(=O)OCCC. The van der Waals surface area contributed by atoms with E-state index >= 15 is 0 Å². The molecule has 0 aromatic rings. The van der Waals surface area contributed by atoms with Gasteiger partial charge in [-0.3, -0.25) is 9.59 Å². The van der Waals surface area contributed by atoms with E-state index in [9.17, 15) is 9.59 Å². The summed E-state index contributed by atoms with van der Waals surface area (Å²) in [5.74, 6) is -0.922. The third-order valence-corrected chi connectivity index (χ3v) is 4.12. The first-order valence-electron chi connectivity index (χ1n) is 5.16. The van der Waals surface area contributed by atoms with Crippen molar-refractivity contribution < 1.29 is 19.1 Å². The van der Waals surface area contributed by atoms with E-state index in [-0.39, 0.29) is 0 Å². The summed E-state index contributed by atoms with van der Waals surface area (Å²) in [6.45, 7) is 4.50. The average Bonchev–Trinajstić information content (AvgIpc) is 2.30. The molecule has 0 aromatic carbocycles. The van der Waals surface area contributed by atoms with E-state index in [0.717, 1.165) is 12.8 Å². The predicted molar refractivity (Wildman–Crippen MR) is 67.9 cm³/mol. The Hall–Kier alpha value is -0.100. The number of hydrogen-bond acceptors (Lipinski definition) is 4. The summed E-state index contributed by atoms with van der Waals surface area (Å²) in [5, 5.41) is 0. The van der Waals surface area contributed by atoms with E-state index in [1.54, 1.807) is 0 Å². The Kier molecular flexibility index (Phi) is 8.93. The Morgan fingerprint density at radius 1 is 0.938 bits per heavy atom. The van der Waals surface area contributed by atoms with E-state index in [4.69, 9.17) is 9.47 Å². The fourth-order valence-corrected chi connectivity index (χ4v) is 1.50. The highest BCUT2D eigenvalue weighted by atomic mass is 79.9. The lowest BCUT2D eigenvalue weighted by atomic mass is 10.3. The van der Waals surface area contributed by atoms with Crippen LogP contribution in [0.15, 0.2) is 0 Å². The number of rotatable bonds is 7. The molecule has 0 bridgehead atoms. The predicted octanol–water partition coefficient (Wildman–Crippen LogP) is 2.42. The molecule has 16 heavy (non-hydrogen) atoms. The fourth-order valence-electron chi connectivity index (χ4n) is 0.803. The van der Waals surface area contributed by atoms with Crippen LogP contribution >= 0.6 is 31.9 Å². The third-order valence-electron chi connectivity index (χ3n) is 1.60. The molecular formula is C10H16Br2O4. The van der Waals surface area contributed by atoms with Gasteiger partial charge < -0.3 is 9.47 Å². The lowest BCUT2D eigenvalue weighted by Gasteiger charge is -2.14. The van der Waals surface area contributed by atoms with Gasteiger partial charge in [0.25, 0.3) is 0 Å². The van der Waals surface area contributed by atoms with Gasteiger partial charge in [-0.25, -0.2) is 0 Å². The summed E-state index contributed by atoms with van der Waals surface area (Å²) in [7, 11) is 0. The molecule has 0 aliphatic carbocycles.